The first-order valence-corrected chi connectivity index (χ1v) is 6.74. The second-order valence-corrected chi connectivity index (χ2v) is 4.82. The molecule has 0 saturated heterocycles. The smallest absolute Gasteiger partial charge is 0.0970 e. The monoisotopic (exact) mass is 250 g/mol. The van der Waals surface area contributed by atoms with Crippen molar-refractivity contribution < 1.29 is 0 Å². The Morgan fingerprint density at radius 1 is 1.53 bits per heavy atom. The van der Waals surface area contributed by atoms with E-state index in [0.29, 0.717) is 0 Å². The van der Waals surface area contributed by atoms with Crippen LogP contribution in [0.1, 0.15) is 36.2 Å². The van der Waals surface area contributed by atoms with Gasteiger partial charge in [0.05, 0.1) is 17.4 Å². The zero-order valence-corrected chi connectivity index (χ0v) is 11.0. The molecule has 2 aromatic rings. The summed E-state index contributed by atoms with van der Waals surface area (Å²) in [4.78, 5) is 1.21. The van der Waals surface area contributed by atoms with Crippen LogP contribution in [0.25, 0.3) is 0 Å². The highest BCUT2D eigenvalue weighted by molar-refractivity contribution is 7.10. The van der Waals surface area contributed by atoms with Gasteiger partial charge in [-0.1, -0.05) is 13.0 Å². The molecule has 0 spiro atoms. The van der Waals surface area contributed by atoms with E-state index in [2.05, 4.69) is 41.9 Å². The van der Waals surface area contributed by atoms with Crippen molar-refractivity contribution >= 4 is 11.3 Å². The molecular weight excluding hydrogens is 232 g/mol. The summed E-state index contributed by atoms with van der Waals surface area (Å²) >= 11 is 1.70. The predicted octanol–water partition coefficient (Wildman–Crippen LogP) is 2.08. The third-order valence-corrected chi connectivity index (χ3v) is 3.75. The molecule has 17 heavy (non-hydrogen) atoms. The highest BCUT2D eigenvalue weighted by atomic mass is 32.1. The summed E-state index contributed by atoms with van der Waals surface area (Å²) in [7, 11) is 0. The molecule has 4 nitrogen and oxygen atoms in total. The second-order valence-electron chi connectivity index (χ2n) is 3.84. The van der Waals surface area contributed by atoms with Gasteiger partial charge in [0.25, 0.3) is 0 Å². The molecule has 0 radical (unpaired) electrons. The average Bonchev–Trinajstić information content (AvgIpc) is 2.99. The molecule has 3 N–H and O–H groups in total. The van der Waals surface area contributed by atoms with E-state index < -0.39 is 0 Å². The number of nitrogens with zero attached hydrogens (tertiary/aromatic N) is 2. The number of hydrazine groups is 1. The molecule has 0 aliphatic heterocycles. The Balaban J connectivity index is 2.39. The molecule has 0 aliphatic rings. The molecular formula is C12H18N4S. The zero-order valence-electron chi connectivity index (χ0n) is 10.2. The minimum atomic E-state index is 0.0303. The van der Waals surface area contributed by atoms with Crippen molar-refractivity contribution in [3.8, 4) is 0 Å². The fourth-order valence-electron chi connectivity index (χ4n) is 1.91. The zero-order chi connectivity index (χ0) is 12.3. The van der Waals surface area contributed by atoms with Gasteiger partial charge in [-0.2, -0.15) is 5.10 Å². The molecule has 2 rings (SSSR count). The van der Waals surface area contributed by atoms with Gasteiger partial charge in [0.2, 0.25) is 0 Å². The lowest BCUT2D eigenvalue weighted by molar-refractivity contribution is 0.546. The molecule has 0 bridgehead atoms. The fourth-order valence-corrected chi connectivity index (χ4v) is 2.71. The Labute approximate surface area is 105 Å². The molecule has 5 heteroatoms. The topological polar surface area (TPSA) is 55.9 Å². The van der Waals surface area contributed by atoms with Crippen LogP contribution in [0.2, 0.25) is 0 Å². The van der Waals surface area contributed by atoms with E-state index >= 15 is 0 Å². The molecule has 1 atom stereocenters. The van der Waals surface area contributed by atoms with Crippen molar-refractivity contribution in [2.45, 2.75) is 32.9 Å². The lowest BCUT2D eigenvalue weighted by Crippen LogP contribution is -2.30. The Kier molecular flexibility index (Phi) is 3.93. The minimum Gasteiger partial charge on any atom is -0.270 e. The second kappa shape index (κ2) is 5.44. The van der Waals surface area contributed by atoms with Crippen molar-refractivity contribution in [1.29, 1.82) is 0 Å². The molecule has 2 aromatic heterocycles. The van der Waals surface area contributed by atoms with Gasteiger partial charge in [-0.25, -0.2) is 5.43 Å². The molecule has 2 heterocycles. The number of aryl methyl sites for hydroxylation is 2. The summed E-state index contributed by atoms with van der Waals surface area (Å²) in [5.74, 6) is 5.69. The van der Waals surface area contributed by atoms with E-state index in [1.54, 1.807) is 11.3 Å². The van der Waals surface area contributed by atoms with E-state index in [-0.39, 0.29) is 6.04 Å². The number of hydrogen-bond donors (Lipinski definition) is 2. The van der Waals surface area contributed by atoms with Crippen LogP contribution in [0.3, 0.4) is 0 Å². The van der Waals surface area contributed by atoms with Gasteiger partial charge in [0.1, 0.15) is 0 Å². The van der Waals surface area contributed by atoms with Crippen LogP contribution in [0.15, 0.2) is 23.6 Å². The molecule has 0 saturated carbocycles. The normalized spacial score (nSPS) is 12.9. The quantitative estimate of drug-likeness (QED) is 0.631. The van der Waals surface area contributed by atoms with Crippen LogP contribution in [0.5, 0.6) is 0 Å². The number of thiophene rings is 1. The van der Waals surface area contributed by atoms with E-state index in [4.69, 9.17) is 5.84 Å². The van der Waals surface area contributed by atoms with Gasteiger partial charge in [0.15, 0.2) is 0 Å². The van der Waals surface area contributed by atoms with Gasteiger partial charge in [-0.15, -0.1) is 11.3 Å². The lowest BCUT2D eigenvalue weighted by atomic mass is 10.1. The Morgan fingerprint density at radius 3 is 2.88 bits per heavy atom. The maximum absolute atomic E-state index is 5.69. The van der Waals surface area contributed by atoms with Gasteiger partial charge in [-0.05, 0) is 30.9 Å². The molecule has 0 aromatic carbocycles. The largest absolute Gasteiger partial charge is 0.270 e. The van der Waals surface area contributed by atoms with Crippen molar-refractivity contribution in [1.82, 2.24) is 15.2 Å². The third-order valence-electron chi connectivity index (χ3n) is 2.81. The predicted molar refractivity (Wildman–Crippen MR) is 70.8 cm³/mol. The molecule has 0 fully saturated rings. The Morgan fingerprint density at radius 2 is 2.35 bits per heavy atom. The lowest BCUT2D eigenvalue weighted by Gasteiger charge is -2.15. The molecule has 92 valence electrons. The first-order valence-electron chi connectivity index (χ1n) is 5.86. The van der Waals surface area contributed by atoms with Crippen LogP contribution >= 0.6 is 11.3 Å². The first-order chi connectivity index (χ1) is 8.30. The molecule has 0 amide bonds. The first kappa shape index (κ1) is 12.3. The maximum Gasteiger partial charge on any atom is 0.0970 e. The molecule has 1 unspecified atom stereocenters. The number of nitrogens with two attached hydrogens (primary N) is 1. The highest BCUT2D eigenvalue weighted by Crippen LogP contribution is 2.26. The van der Waals surface area contributed by atoms with Gasteiger partial charge in [-0.3, -0.25) is 10.5 Å². The standard InChI is InChI=1S/C12H18N4S/c1-3-9-8-10(16(4-2)15-9)12(14-13)11-6-5-7-17-11/h5-8,12,14H,3-4,13H2,1-2H3. The summed E-state index contributed by atoms with van der Waals surface area (Å²) in [6, 6.07) is 6.29. The van der Waals surface area contributed by atoms with Crippen LogP contribution in [0, 0.1) is 0 Å². The molecule has 0 aliphatic carbocycles. The minimum absolute atomic E-state index is 0.0303. The Bertz CT molecular complexity index is 461. The number of rotatable bonds is 5. The van der Waals surface area contributed by atoms with Crippen molar-refractivity contribution in [3.05, 3.63) is 39.8 Å². The number of nitrogens with one attached hydrogen (secondary N) is 1. The highest BCUT2D eigenvalue weighted by Gasteiger charge is 2.18. The van der Waals surface area contributed by atoms with Gasteiger partial charge in [0, 0.05) is 11.4 Å². The van der Waals surface area contributed by atoms with E-state index in [1.165, 1.54) is 4.88 Å². The van der Waals surface area contributed by atoms with E-state index in [0.717, 1.165) is 24.4 Å². The van der Waals surface area contributed by atoms with Gasteiger partial charge >= 0.3 is 0 Å². The SMILES string of the molecule is CCc1cc(C(NN)c2cccs2)n(CC)n1. The van der Waals surface area contributed by atoms with Crippen molar-refractivity contribution in [2.75, 3.05) is 0 Å². The van der Waals surface area contributed by atoms with Crippen LogP contribution in [-0.2, 0) is 13.0 Å². The van der Waals surface area contributed by atoms with Crippen molar-refractivity contribution in [3.63, 3.8) is 0 Å². The average molecular weight is 250 g/mol. The number of aromatic nitrogens is 2. The van der Waals surface area contributed by atoms with Crippen molar-refractivity contribution in [2.24, 2.45) is 5.84 Å². The van der Waals surface area contributed by atoms with E-state index in [9.17, 15) is 0 Å². The summed E-state index contributed by atoms with van der Waals surface area (Å²) in [5.41, 5.74) is 5.13. The maximum atomic E-state index is 5.69. The summed E-state index contributed by atoms with van der Waals surface area (Å²) < 4.78 is 2.02. The van der Waals surface area contributed by atoms with E-state index in [1.807, 2.05) is 10.7 Å². The van der Waals surface area contributed by atoms with Crippen LogP contribution < -0.4 is 11.3 Å². The Hall–Kier alpha value is -1.17. The summed E-state index contributed by atoms with van der Waals surface area (Å²) in [6.45, 7) is 5.07. The van der Waals surface area contributed by atoms with Crippen LogP contribution in [0.4, 0.5) is 0 Å². The summed E-state index contributed by atoms with van der Waals surface area (Å²) in [5, 5.41) is 6.61. The number of hydrogen-bond acceptors (Lipinski definition) is 4. The fraction of sp³-hybridized carbons (Fsp3) is 0.417. The summed E-state index contributed by atoms with van der Waals surface area (Å²) in [6.07, 6.45) is 0.946. The third kappa shape index (κ3) is 2.41. The van der Waals surface area contributed by atoms with Crippen LogP contribution in [-0.4, -0.2) is 9.78 Å². The van der Waals surface area contributed by atoms with Gasteiger partial charge < -0.3 is 0 Å².